The molecular formula is C12H26N2. The normalized spacial score (nSPS) is 29.1. The monoisotopic (exact) mass is 198 g/mol. The maximum Gasteiger partial charge on any atom is 0.0195 e. The maximum atomic E-state index is 3.65. The van der Waals surface area contributed by atoms with Gasteiger partial charge in [0.25, 0.3) is 0 Å². The van der Waals surface area contributed by atoms with E-state index < -0.39 is 0 Å². The van der Waals surface area contributed by atoms with Crippen LogP contribution in [-0.2, 0) is 0 Å². The van der Waals surface area contributed by atoms with Crippen LogP contribution in [-0.4, -0.2) is 24.2 Å². The molecule has 1 saturated heterocycles. The lowest BCUT2D eigenvalue weighted by molar-refractivity contribution is 0.287. The van der Waals surface area contributed by atoms with E-state index in [0.717, 1.165) is 6.54 Å². The van der Waals surface area contributed by atoms with E-state index in [1.807, 2.05) is 0 Å². The number of hydrogen-bond acceptors (Lipinski definition) is 2. The van der Waals surface area contributed by atoms with Crippen molar-refractivity contribution in [3.8, 4) is 0 Å². The van der Waals surface area contributed by atoms with Crippen LogP contribution in [0.25, 0.3) is 0 Å². The zero-order valence-electron chi connectivity index (χ0n) is 10.2. The molecule has 1 aliphatic rings. The van der Waals surface area contributed by atoms with Gasteiger partial charge in [-0.3, -0.25) is 0 Å². The minimum atomic E-state index is 0.294. The molecular weight excluding hydrogens is 172 g/mol. The standard InChI is InChI=1S/C12H26N2/c1-5-12(3,4)13-9-11-8-6-7-10(2)14-11/h10-11,13-14H,5-9H2,1-4H3. The van der Waals surface area contributed by atoms with Crippen LogP contribution in [0.2, 0.25) is 0 Å². The zero-order chi connectivity index (χ0) is 10.6. The van der Waals surface area contributed by atoms with Gasteiger partial charge in [-0.25, -0.2) is 0 Å². The van der Waals surface area contributed by atoms with Gasteiger partial charge in [-0.1, -0.05) is 13.3 Å². The van der Waals surface area contributed by atoms with Crippen molar-refractivity contribution >= 4 is 0 Å². The molecule has 1 aliphatic heterocycles. The van der Waals surface area contributed by atoms with Crippen LogP contribution < -0.4 is 10.6 Å². The van der Waals surface area contributed by atoms with Crippen LogP contribution in [0.1, 0.15) is 53.4 Å². The van der Waals surface area contributed by atoms with Gasteiger partial charge in [0.2, 0.25) is 0 Å². The summed E-state index contributed by atoms with van der Waals surface area (Å²) in [6.07, 6.45) is 5.24. The van der Waals surface area contributed by atoms with E-state index in [2.05, 4.69) is 38.3 Å². The molecule has 0 aromatic heterocycles. The van der Waals surface area contributed by atoms with Gasteiger partial charge in [0.05, 0.1) is 0 Å². The van der Waals surface area contributed by atoms with Crippen LogP contribution in [0.4, 0.5) is 0 Å². The zero-order valence-corrected chi connectivity index (χ0v) is 10.2. The lowest BCUT2D eigenvalue weighted by Gasteiger charge is -2.33. The lowest BCUT2D eigenvalue weighted by atomic mass is 9.97. The third-order valence-electron chi connectivity index (χ3n) is 3.42. The fraction of sp³-hybridized carbons (Fsp3) is 1.00. The summed E-state index contributed by atoms with van der Waals surface area (Å²) in [7, 11) is 0. The maximum absolute atomic E-state index is 3.65. The molecule has 0 aromatic rings. The first kappa shape index (κ1) is 12.0. The molecule has 84 valence electrons. The molecule has 0 spiro atoms. The van der Waals surface area contributed by atoms with Crippen molar-refractivity contribution in [3.63, 3.8) is 0 Å². The first-order chi connectivity index (χ1) is 6.53. The van der Waals surface area contributed by atoms with Gasteiger partial charge in [0, 0.05) is 24.2 Å². The number of nitrogens with one attached hydrogen (secondary N) is 2. The lowest BCUT2D eigenvalue weighted by Crippen LogP contribution is -2.50. The topological polar surface area (TPSA) is 24.1 Å². The van der Waals surface area contributed by atoms with Crippen molar-refractivity contribution < 1.29 is 0 Å². The summed E-state index contributed by atoms with van der Waals surface area (Å²) in [6, 6.07) is 1.39. The van der Waals surface area contributed by atoms with E-state index in [4.69, 9.17) is 0 Å². The summed E-state index contributed by atoms with van der Waals surface area (Å²) in [5, 5.41) is 7.29. The molecule has 2 N–H and O–H groups in total. The Morgan fingerprint density at radius 2 is 2.07 bits per heavy atom. The molecule has 0 bridgehead atoms. The summed E-state index contributed by atoms with van der Waals surface area (Å²) in [4.78, 5) is 0. The van der Waals surface area contributed by atoms with Gasteiger partial charge in [0.15, 0.2) is 0 Å². The fourth-order valence-corrected chi connectivity index (χ4v) is 1.92. The third kappa shape index (κ3) is 3.97. The van der Waals surface area contributed by atoms with Crippen LogP contribution in [0.15, 0.2) is 0 Å². The SMILES string of the molecule is CCC(C)(C)NCC1CCCC(C)N1. The van der Waals surface area contributed by atoms with E-state index in [9.17, 15) is 0 Å². The first-order valence-electron chi connectivity index (χ1n) is 6.04. The molecule has 1 rings (SSSR count). The van der Waals surface area contributed by atoms with E-state index >= 15 is 0 Å². The molecule has 0 saturated carbocycles. The second kappa shape index (κ2) is 5.13. The number of hydrogen-bond donors (Lipinski definition) is 2. The van der Waals surface area contributed by atoms with Crippen molar-refractivity contribution in [2.45, 2.75) is 71.0 Å². The summed E-state index contributed by atoms with van der Waals surface area (Å²) in [5.41, 5.74) is 0.294. The average molecular weight is 198 g/mol. The molecule has 0 aliphatic carbocycles. The van der Waals surface area contributed by atoms with Crippen molar-refractivity contribution in [1.82, 2.24) is 10.6 Å². The van der Waals surface area contributed by atoms with Crippen LogP contribution in [0.3, 0.4) is 0 Å². The molecule has 0 amide bonds. The van der Waals surface area contributed by atoms with Crippen LogP contribution in [0, 0.1) is 0 Å². The molecule has 0 aromatic carbocycles. The minimum Gasteiger partial charge on any atom is -0.310 e. The highest BCUT2D eigenvalue weighted by atomic mass is 15.0. The second-order valence-electron chi connectivity index (χ2n) is 5.31. The molecule has 1 heterocycles. The van der Waals surface area contributed by atoms with Crippen molar-refractivity contribution in [2.24, 2.45) is 0 Å². The van der Waals surface area contributed by atoms with Gasteiger partial charge >= 0.3 is 0 Å². The van der Waals surface area contributed by atoms with Crippen molar-refractivity contribution in [1.29, 1.82) is 0 Å². The summed E-state index contributed by atoms with van der Waals surface area (Å²) >= 11 is 0. The minimum absolute atomic E-state index is 0.294. The van der Waals surface area contributed by atoms with Crippen molar-refractivity contribution in [3.05, 3.63) is 0 Å². The van der Waals surface area contributed by atoms with E-state index in [1.165, 1.54) is 25.7 Å². The Hall–Kier alpha value is -0.0800. The predicted octanol–water partition coefficient (Wildman–Crippen LogP) is 2.30. The van der Waals surface area contributed by atoms with Gasteiger partial charge in [0.1, 0.15) is 0 Å². The van der Waals surface area contributed by atoms with Crippen molar-refractivity contribution in [2.75, 3.05) is 6.54 Å². The molecule has 0 radical (unpaired) electrons. The summed E-state index contributed by atoms with van der Waals surface area (Å²) in [5.74, 6) is 0. The second-order valence-corrected chi connectivity index (χ2v) is 5.31. The number of rotatable bonds is 4. The first-order valence-corrected chi connectivity index (χ1v) is 6.04. The Bertz CT molecular complexity index is 166. The highest BCUT2D eigenvalue weighted by molar-refractivity contribution is 4.83. The Morgan fingerprint density at radius 1 is 1.36 bits per heavy atom. The smallest absolute Gasteiger partial charge is 0.0195 e. The highest BCUT2D eigenvalue weighted by Crippen LogP contribution is 2.13. The molecule has 2 unspecified atom stereocenters. The van der Waals surface area contributed by atoms with Crippen LogP contribution >= 0.6 is 0 Å². The third-order valence-corrected chi connectivity index (χ3v) is 3.42. The Labute approximate surface area is 88.8 Å². The Kier molecular flexibility index (Phi) is 4.39. The molecule has 2 heteroatoms. The fourth-order valence-electron chi connectivity index (χ4n) is 1.92. The molecule has 2 atom stereocenters. The van der Waals surface area contributed by atoms with Gasteiger partial charge in [-0.2, -0.15) is 0 Å². The van der Waals surface area contributed by atoms with Gasteiger partial charge in [-0.15, -0.1) is 0 Å². The molecule has 1 fully saturated rings. The van der Waals surface area contributed by atoms with E-state index in [0.29, 0.717) is 17.6 Å². The summed E-state index contributed by atoms with van der Waals surface area (Å²) < 4.78 is 0. The quantitative estimate of drug-likeness (QED) is 0.724. The van der Waals surface area contributed by atoms with Gasteiger partial charge in [-0.05, 0) is 40.0 Å². The summed E-state index contributed by atoms with van der Waals surface area (Å²) in [6.45, 7) is 10.2. The Balaban J connectivity index is 2.23. The number of piperidine rings is 1. The van der Waals surface area contributed by atoms with Crippen LogP contribution in [0.5, 0.6) is 0 Å². The van der Waals surface area contributed by atoms with E-state index in [1.54, 1.807) is 0 Å². The molecule has 2 nitrogen and oxygen atoms in total. The molecule has 14 heavy (non-hydrogen) atoms. The largest absolute Gasteiger partial charge is 0.310 e. The Morgan fingerprint density at radius 3 is 2.64 bits per heavy atom. The average Bonchev–Trinajstić information content (AvgIpc) is 2.15. The predicted molar refractivity (Wildman–Crippen MR) is 62.6 cm³/mol. The highest BCUT2D eigenvalue weighted by Gasteiger charge is 2.20. The van der Waals surface area contributed by atoms with E-state index in [-0.39, 0.29) is 0 Å². The van der Waals surface area contributed by atoms with Gasteiger partial charge < -0.3 is 10.6 Å².